The van der Waals surface area contributed by atoms with Crippen molar-refractivity contribution < 1.29 is 14.3 Å². The lowest BCUT2D eigenvalue weighted by atomic mass is 9.76. The van der Waals surface area contributed by atoms with Crippen LogP contribution in [0.3, 0.4) is 0 Å². The number of carbonyl (C=O) groups excluding carboxylic acids is 2. The second-order valence-corrected chi connectivity index (χ2v) is 7.89. The maximum Gasteiger partial charge on any atom is 0.354 e. The van der Waals surface area contributed by atoms with E-state index in [9.17, 15) is 9.59 Å². The third kappa shape index (κ3) is 5.38. The summed E-state index contributed by atoms with van der Waals surface area (Å²) in [6, 6.07) is 9.62. The topological polar surface area (TPSA) is 83.2 Å². The van der Waals surface area contributed by atoms with Gasteiger partial charge < -0.3 is 20.4 Å². The second-order valence-electron chi connectivity index (χ2n) is 7.89. The molecule has 1 aliphatic heterocycles. The predicted octanol–water partition coefficient (Wildman–Crippen LogP) is 3.64. The number of aromatic amines is 1. The van der Waals surface area contributed by atoms with Gasteiger partial charge in [0, 0.05) is 18.0 Å². The zero-order chi connectivity index (χ0) is 20.6. The minimum atomic E-state index is -0.302. The Kier molecular flexibility index (Phi) is 7.69. The van der Waals surface area contributed by atoms with Crippen LogP contribution in [0.1, 0.15) is 55.9 Å². The quantitative estimate of drug-likeness (QED) is 0.686. The van der Waals surface area contributed by atoms with E-state index in [1.807, 2.05) is 24.3 Å². The number of fused-ring (bicyclic) bond motifs is 1. The standard InChI is InChI=1S/C12H22N2O.C11H11NO2/c1-13-12(15)11-10(7-8-14-11)9-5-3-2-4-6-9;1-2-14-11(13)10-7-8-5-3-4-6-9(8)12-10/h9-11,14H,2-8H2,1H3,(H,13,15);3-7,12H,2H2,1H3. The fourth-order valence-corrected chi connectivity index (χ4v) is 4.63. The Morgan fingerprint density at radius 3 is 2.59 bits per heavy atom. The molecule has 158 valence electrons. The molecular weight excluding hydrogens is 366 g/mol. The van der Waals surface area contributed by atoms with Crippen molar-refractivity contribution >= 4 is 22.8 Å². The van der Waals surface area contributed by atoms with E-state index >= 15 is 0 Å². The van der Waals surface area contributed by atoms with Gasteiger partial charge in [-0.1, -0.05) is 50.3 Å². The lowest BCUT2D eigenvalue weighted by Crippen LogP contribution is -2.44. The van der Waals surface area contributed by atoms with Crippen molar-refractivity contribution in [1.29, 1.82) is 0 Å². The van der Waals surface area contributed by atoms with Gasteiger partial charge in [-0.2, -0.15) is 0 Å². The molecule has 6 heteroatoms. The number of benzene rings is 1. The molecule has 6 nitrogen and oxygen atoms in total. The molecule has 1 amide bonds. The Bertz CT molecular complexity index is 778. The van der Waals surface area contributed by atoms with Gasteiger partial charge in [0.2, 0.25) is 5.91 Å². The number of hydrogen-bond acceptors (Lipinski definition) is 4. The molecule has 29 heavy (non-hydrogen) atoms. The molecule has 2 atom stereocenters. The van der Waals surface area contributed by atoms with Crippen molar-refractivity contribution in [3.63, 3.8) is 0 Å². The molecule has 4 rings (SSSR count). The number of para-hydroxylation sites is 1. The van der Waals surface area contributed by atoms with E-state index in [4.69, 9.17) is 4.74 Å². The average Bonchev–Trinajstić information content (AvgIpc) is 3.42. The van der Waals surface area contributed by atoms with Crippen LogP contribution in [-0.2, 0) is 9.53 Å². The summed E-state index contributed by atoms with van der Waals surface area (Å²) in [4.78, 5) is 26.1. The number of rotatable bonds is 4. The highest BCUT2D eigenvalue weighted by Crippen LogP contribution is 2.35. The Hall–Kier alpha value is -2.34. The lowest BCUT2D eigenvalue weighted by Gasteiger charge is -2.30. The van der Waals surface area contributed by atoms with Crippen molar-refractivity contribution in [1.82, 2.24) is 15.6 Å². The molecule has 1 saturated carbocycles. The zero-order valence-corrected chi connectivity index (χ0v) is 17.5. The largest absolute Gasteiger partial charge is 0.461 e. The minimum absolute atomic E-state index is 0.0816. The fraction of sp³-hybridized carbons (Fsp3) is 0.565. The van der Waals surface area contributed by atoms with Crippen LogP contribution in [0.5, 0.6) is 0 Å². The number of H-pyrrole nitrogens is 1. The van der Waals surface area contributed by atoms with Crippen LogP contribution >= 0.6 is 0 Å². The van der Waals surface area contributed by atoms with Gasteiger partial charge in [-0.15, -0.1) is 0 Å². The lowest BCUT2D eigenvalue weighted by molar-refractivity contribution is -0.123. The molecule has 1 saturated heterocycles. The van der Waals surface area contributed by atoms with Crippen molar-refractivity contribution in [2.24, 2.45) is 11.8 Å². The smallest absolute Gasteiger partial charge is 0.354 e. The van der Waals surface area contributed by atoms with E-state index in [1.165, 1.54) is 38.5 Å². The highest BCUT2D eigenvalue weighted by atomic mass is 16.5. The van der Waals surface area contributed by atoms with E-state index in [0.29, 0.717) is 18.2 Å². The summed E-state index contributed by atoms with van der Waals surface area (Å²) < 4.78 is 4.89. The van der Waals surface area contributed by atoms with Crippen molar-refractivity contribution in [2.75, 3.05) is 20.2 Å². The molecule has 1 aromatic carbocycles. The van der Waals surface area contributed by atoms with Crippen molar-refractivity contribution in [3.05, 3.63) is 36.0 Å². The van der Waals surface area contributed by atoms with E-state index in [-0.39, 0.29) is 17.9 Å². The Morgan fingerprint density at radius 2 is 1.90 bits per heavy atom. The van der Waals surface area contributed by atoms with Gasteiger partial charge in [0.05, 0.1) is 12.6 Å². The first kappa shape index (κ1) is 21.4. The number of aromatic nitrogens is 1. The fourth-order valence-electron chi connectivity index (χ4n) is 4.63. The summed E-state index contributed by atoms with van der Waals surface area (Å²) in [6.45, 7) is 3.20. The van der Waals surface area contributed by atoms with Crippen LogP contribution in [0.25, 0.3) is 10.9 Å². The monoisotopic (exact) mass is 399 g/mol. The van der Waals surface area contributed by atoms with Gasteiger partial charge in [0.15, 0.2) is 0 Å². The third-order valence-corrected chi connectivity index (χ3v) is 6.08. The molecule has 0 bridgehead atoms. The molecular formula is C23H33N3O3. The summed E-state index contributed by atoms with van der Waals surface area (Å²) in [5.41, 5.74) is 1.46. The second kappa shape index (κ2) is 10.4. The average molecular weight is 400 g/mol. The van der Waals surface area contributed by atoms with Crippen LogP contribution < -0.4 is 10.6 Å². The van der Waals surface area contributed by atoms with E-state index < -0.39 is 0 Å². The number of hydrogen-bond donors (Lipinski definition) is 3. The summed E-state index contributed by atoms with van der Waals surface area (Å²) in [6.07, 6.45) is 7.97. The Labute approximate surface area is 172 Å². The number of carbonyl (C=O) groups is 2. The Balaban J connectivity index is 0.000000166. The number of nitrogens with one attached hydrogen (secondary N) is 3. The molecule has 2 heterocycles. The summed E-state index contributed by atoms with van der Waals surface area (Å²) in [7, 11) is 1.74. The summed E-state index contributed by atoms with van der Waals surface area (Å²) >= 11 is 0. The molecule has 2 aromatic rings. The first-order valence-electron chi connectivity index (χ1n) is 10.8. The van der Waals surface area contributed by atoms with Gasteiger partial charge in [-0.3, -0.25) is 4.79 Å². The van der Waals surface area contributed by atoms with Crippen molar-refractivity contribution in [2.45, 2.75) is 51.5 Å². The molecule has 0 radical (unpaired) electrons. The summed E-state index contributed by atoms with van der Waals surface area (Å²) in [5, 5.41) is 7.14. The molecule has 0 spiro atoms. The zero-order valence-electron chi connectivity index (χ0n) is 17.5. The Morgan fingerprint density at radius 1 is 1.14 bits per heavy atom. The van der Waals surface area contributed by atoms with Gasteiger partial charge in [-0.05, 0) is 43.9 Å². The third-order valence-electron chi connectivity index (χ3n) is 6.08. The van der Waals surface area contributed by atoms with Crippen LogP contribution in [-0.4, -0.2) is 43.1 Å². The maximum absolute atomic E-state index is 11.7. The van der Waals surface area contributed by atoms with Crippen LogP contribution in [0.4, 0.5) is 0 Å². The first-order chi connectivity index (χ1) is 14.1. The first-order valence-corrected chi connectivity index (χ1v) is 10.8. The van der Waals surface area contributed by atoms with Crippen molar-refractivity contribution in [3.8, 4) is 0 Å². The van der Waals surface area contributed by atoms with Gasteiger partial charge in [0.1, 0.15) is 5.69 Å². The number of esters is 1. The molecule has 2 aliphatic rings. The maximum atomic E-state index is 11.7. The van der Waals surface area contributed by atoms with E-state index in [2.05, 4.69) is 15.6 Å². The normalized spacial score (nSPS) is 22.0. The van der Waals surface area contributed by atoms with Crippen LogP contribution in [0.2, 0.25) is 0 Å². The highest BCUT2D eigenvalue weighted by Gasteiger charge is 2.37. The van der Waals surface area contributed by atoms with Gasteiger partial charge >= 0.3 is 5.97 Å². The van der Waals surface area contributed by atoms with Crippen LogP contribution in [0.15, 0.2) is 30.3 Å². The van der Waals surface area contributed by atoms with Gasteiger partial charge in [0.25, 0.3) is 0 Å². The number of amides is 1. The minimum Gasteiger partial charge on any atom is -0.461 e. The van der Waals surface area contributed by atoms with E-state index in [0.717, 1.165) is 23.4 Å². The van der Waals surface area contributed by atoms with E-state index in [1.54, 1.807) is 20.0 Å². The van der Waals surface area contributed by atoms with Gasteiger partial charge in [-0.25, -0.2) is 4.79 Å². The highest BCUT2D eigenvalue weighted by molar-refractivity contribution is 5.94. The number of ether oxygens (including phenoxy) is 1. The molecule has 2 fully saturated rings. The molecule has 1 aromatic heterocycles. The SMILES string of the molecule is CCOC(=O)c1cc2ccccc2[nH]1.CNC(=O)C1NCCC1C1CCCCC1. The van der Waals surface area contributed by atoms with Crippen LogP contribution in [0, 0.1) is 11.8 Å². The molecule has 2 unspecified atom stereocenters. The molecule has 1 aliphatic carbocycles. The number of likely N-dealkylation sites (N-methyl/N-ethyl adjacent to an activating group) is 1. The predicted molar refractivity (Wildman–Crippen MR) is 115 cm³/mol. The molecule has 3 N–H and O–H groups in total. The summed E-state index contributed by atoms with van der Waals surface area (Å²) in [5.74, 6) is 1.26.